The molecule has 0 aliphatic rings. The van der Waals surface area contributed by atoms with Crippen molar-refractivity contribution in [3.63, 3.8) is 0 Å². The molecular formula is C50H30N2S2. The molecule has 12 rings (SSSR count). The number of rotatable bonds is 5. The van der Waals surface area contributed by atoms with Crippen molar-refractivity contribution in [1.29, 1.82) is 0 Å². The van der Waals surface area contributed by atoms with Gasteiger partial charge in [-0.1, -0.05) is 115 Å². The predicted octanol–water partition coefficient (Wildman–Crippen LogP) is 15.2. The molecular weight excluding hydrogens is 693 g/mol. The molecule has 3 heterocycles. The van der Waals surface area contributed by atoms with E-state index in [1.165, 1.54) is 101 Å². The Morgan fingerprint density at radius 1 is 0.389 bits per heavy atom. The number of aromatic nitrogens is 1. The number of hydrogen-bond acceptors (Lipinski definition) is 3. The van der Waals surface area contributed by atoms with Crippen LogP contribution in [0.25, 0.3) is 89.7 Å². The van der Waals surface area contributed by atoms with E-state index in [1.54, 1.807) is 0 Å². The summed E-state index contributed by atoms with van der Waals surface area (Å²) in [5.74, 6) is 0. The summed E-state index contributed by atoms with van der Waals surface area (Å²) in [4.78, 5) is 2.49. The van der Waals surface area contributed by atoms with E-state index in [0.717, 1.165) is 5.69 Å². The van der Waals surface area contributed by atoms with Gasteiger partial charge in [-0.2, -0.15) is 0 Å². The van der Waals surface area contributed by atoms with E-state index >= 15 is 0 Å². The van der Waals surface area contributed by atoms with E-state index in [4.69, 9.17) is 0 Å². The van der Waals surface area contributed by atoms with Gasteiger partial charge >= 0.3 is 0 Å². The van der Waals surface area contributed by atoms with Crippen LogP contribution in [-0.2, 0) is 0 Å². The van der Waals surface area contributed by atoms with Gasteiger partial charge in [-0.15, -0.1) is 22.7 Å². The minimum absolute atomic E-state index is 1.14. The molecule has 0 unspecified atom stereocenters. The Kier molecular flexibility index (Phi) is 6.41. The van der Waals surface area contributed by atoms with Gasteiger partial charge in [-0.3, -0.25) is 0 Å². The van der Waals surface area contributed by atoms with Crippen LogP contribution in [0.15, 0.2) is 182 Å². The van der Waals surface area contributed by atoms with Crippen molar-refractivity contribution in [3.05, 3.63) is 182 Å². The molecule has 0 aliphatic carbocycles. The van der Waals surface area contributed by atoms with Gasteiger partial charge in [0.15, 0.2) is 0 Å². The number of fused-ring (bicyclic) bond motifs is 6. The molecule has 2 nitrogen and oxygen atoms in total. The normalized spacial score (nSPS) is 12.1. The summed E-state index contributed by atoms with van der Waals surface area (Å²) in [5, 5.41) is 10.4. The molecule has 12 aromatic rings. The highest BCUT2D eigenvalue weighted by Gasteiger charge is 2.22. The number of benzene rings is 9. The molecule has 0 fully saturated rings. The minimum Gasteiger partial charge on any atom is -0.309 e. The zero-order chi connectivity index (χ0) is 35.3. The maximum absolute atomic E-state index is 2.49. The van der Waals surface area contributed by atoms with Crippen molar-refractivity contribution in [2.24, 2.45) is 0 Å². The van der Waals surface area contributed by atoms with Crippen molar-refractivity contribution >= 4 is 113 Å². The molecule has 0 atom stereocenters. The fourth-order valence-electron chi connectivity index (χ4n) is 8.74. The van der Waals surface area contributed by atoms with Crippen molar-refractivity contribution in [1.82, 2.24) is 4.57 Å². The van der Waals surface area contributed by atoms with Crippen LogP contribution < -0.4 is 4.90 Å². The quantitative estimate of drug-likeness (QED) is 0.161. The van der Waals surface area contributed by atoms with Crippen molar-refractivity contribution < 1.29 is 0 Å². The Morgan fingerprint density at radius 3 is 1.65 bits per heavy atom. The lowest BCUT2D eigenvalue weighted by Crippen LogP contribution is -2.10. The molecule has 0 amide bonds. The highest BCUT2D eigenvalue weighted by molar-refractivity contribution is 7.27. The second-order valence-electron chi connectivity index (χ2n) is 14.1. The van der Waals surface area contributed by atoms with E-state index in [-0.39, 0.29) is 0 Å². The average molecular weight is 723 g/mol. The number of nitrogens with zero attached hydrogens (tertiary/aromatic N) is 2. The third-order valence-electron chi connectivity index (χ3n) is 11.1. The van der Waals surface area contributed by atoms with Gasteiger partial charge in [0.2, 0.25) is 0 Å². The number of para-hydroxylation sites is 1. The lowest BCUT2D eigenvalue weighted by Gasteiger charge is -2.27. The Bertz CT molecular complexity index is 3270. The maximum Gasteiger partial charge on any atom is 0.0640 e. The molecule has 0 saturated carbocycles. The monoisotopic (exact) mass is 722 g/mol. The SMILES string of the molecule is c1ccc(-n2c3cccc4ccc5cc(-c6ccc(N(c7cccc8c7sc7ccccc78)c7cccc8c7sc7ccccc78)cc6)cc2c5c43)cc1. The Hall–Kier alpha value is -6.46. The van der Waals surface area contributed by atoms with Crippen LogP contribution in [0.1, 0.15) is 0 Å². The van der Waals surface area contributed by atoms with Crippen LogP contribution in [0, 0.1) is 0 Å². The molecule has 0 radical (unpaired) electrons. The molecule has 0 N–H and O–H groups in total. The highest BCUT2D eigenvalue weighted by atomic mass is 32.1. The van der Waals surface area contributed by atoms with Gasteiger partial charge in [-0.05, 0) is 88.6 Å². The standard InChI is InChI=1S/C50H30N2S2/c1-2-12-35(13-3-1)51-41-18-8-11-32-23-24-33-29-34(30-44(51)48(33)47(32)41)31-25-27-36(28-26-31)52(42-19-9-16-39-37-14-4-6-21-45(37)53-49(39)42)43-20-10-17-40-38-15-5-7-22-46(38)54-50(40)43/h1-30H. The molecule has 9 aromatic carbocycles. The Labute approximate surface area is 319 Å². The molecule has 54 heavy (non-hydrogen) atoms. The Balaban J connectivity index is 1.07. The first-order valence-corrected chi connectivity index (χ1v) is 20.0. The highest BCUT2D eigenvalue weighted by Crippen LogP contribution is 2.49. The first kappa shape index (κ1) is 30.0. The summed E-state index contributed by atoms with van der Waals surface area (Å²) in [6, 6.07) is 67.1. The smallest absolute Gasteiger partial charge is 0.0640 e. The summed E-state index contributed by atoms with van der Waals surface area (Å²) in [7, 11) is 0. The molecule has 0 saturated heterocycles. The van der Waals surface area contributed by atoms with Crippen LogP contribution in [0.3, 0.4) is 0 Å². The third-order valence-corrected chi connectivity index (χ3v) is 13.5. The molecule has 0 aliphatic heterocycles. The van der Waals surface area contributed by atoms with Crippen LogP contribution in [0.4, 0.5) is 17.1 Å². The van der Waals surface area contributed by atoms with Crippen molar-refractivity contribution in [2.45, 2.75) is 0 Å². The predicted molar refractivity (Wildman–Crippen MR) is 235 cm³/mol. The summed E-state index contributed by atoms with van der Waals surface area (Å²) in [5.41, 5.74) is 9.60. The van der Waals surface area contributed by atoms with E-state index in [2.05, 4.69) is 191 Å². The zero-order valence-electron chi connectivity index (χ0n) is 29.0. The topological polar surface area (TPSA) is 8.17 Å². The largest absolute Gasteiger partial charge is 0.309 e. The lowest BCUT2D eigenvalue weighted by molar-refractivity contribution is 1.18. The molecule has 0 spiro atoms. The van der Waals surface area contributed by atoms with E-state index in [1.807, 2.05) is 22.7 Å². The number of anilines is 3. The van der Waals surface area contributed by atoms with Crippen LogP contribution in [0.2, 0.25) is 0 Å². The summed E-state index contributed by atoms with van der Waals surface area (Å²) < 4.78 is 7.64. The maximum atomic E-state index is 2.49. The number of thiophene rings is 2. The first-order chi connectivity index (χ1) is 26.8. The fourth-order valence-corrected chi connectivity index (χ4v) is 11.2. The van der Waals surface area contributed by atoms with E-state index in [0.29, 0.717) is 0 Å². The Morgan fingerprint density at radius 2 is 0.963 bits per heavy atom. The van der Waals surface area contributed by atoms with Gasteiger partial charge in [0.25, 0.3) is 0 Å². The molecule has 252 valence electrons. The van der Waals surface area contributed by atoms with Crippen LogP contribution in [-0.4, -0.2) is 4.57 Å². The van der Waals surface area contributed by atoms with Gasteiger partial charge in [0.05, 0.1) is 31.8 Å². The lowest BCUT2D eigenvalue weighted by atomic mass is 9.97. The second-order valence-corrected chi connectivity index (χ2v) is 16.2. The van der Waals surface area contributed by atoms with Crippen LogP contribution in [0.5, 0.6) is 0 Å². The second kappa shape index (κ2) is 11.5. The molecule has 4 heteroatoms. The van der Waals surface area contributed by atoms with Crippen molar-refractivity contribution in [2.75, 3.05) is 4.90 Å². The molecule has 0 bridgehead atoms. The van der Waals surface area contributed by atoms with E-state index in [9.17, 15) is 0 Å². The summed E-state index contributed by atoms with van der Waals surface area (Å²) >= 11 is 3.76. The first-order valence-electron chi connectivity index (χ1n) is 18.3. The van der Waals surface area contributed by atoms with Gasteiger partial charge in [-0.25, -0.2) is 0 Å². The fraction of sp³-hybridized carbons (Fsp3) is 0. The summed E-state index contributed by atoms with van der Waals surface area (Å²) in [6.45, 7) is 0. The number of hydrogen-bond donors (Lipinski definition) is 0. The minimum atomic E-state index is 1.14. The molecule has 3 aromatic heterocycles. The van der Waals surface area contributed by atoms with Gasteiger partial charge in [0, 0.05) is 53.1 Å². The van der Waals surface area contributed by atoms with Crippen LogP contribution >= 0.6 is 22.7 Å². The van der Waals surface area contributed by atoms with Gasteiger partial charge < -0.3 is 9.47 Å². The van der Waals surface area contributed by atoms with E-state index < -0.39 is 0 Å². The van der Waals surface area contributed by atoms with Crippen molar-refractivity contribution in [3.8, 4) is 16.8 Å². The van der Waals surface area contributed by atoms with Gasteiger partial charge in [0.1, 0.15) is 0 Å². The third kappa shape index (κ3) is 4.32. The average Bonchev–Trinajstić information content (AvgIpc) is 3.92. The zero-order valence-corrected chi connectivity index (χ0v) is 30.7. The summed E-state index contributed by atoms with van der Waals surface area (Å²) in [6.07, 6.45) is 0.